The van der Waals surface area contributed by atoms with E-state index in [-0.39, 0.29) is 24.5 Å². The molecule has 0 atom stereocenters. The summed E-state index contributed by atoms with van der Waals surface area (Å²) in [5, 5.41) is 12.7. The number of hydrogen-bond acceptors (Lipinski definition) is 4. The molecule has 1 aromatic carbocycles. The first-order valence-electron chi connectivity index (χ1n) is 7.92. The number of amides is 1. The van der Waals surface area contributed by atoms with Crippen LogP contribution in [0, 0.1) is 0 Å². The molecule has 0 unspecified atom stereocenters. The summed E-state index contributed by atoms with van der Waals surface area (Å²) in [6, 6.07) is 7.59. The maximum Gasteiger partial charge on any atom is 0.317 e. The zero-order chi connectivity index (χ0) is 17.3. The fraction of sp³-hybridized carbons (Fsp3) is 0.412. The zero-order valence-electron chi connectivity index (χ0n) is 13.3. The minimum absolute atomic E-state index is 0.0419. The lowest BCUT2D eigenvalue weighted by Crippen LogP contribution is -2.54. The number of hydrogen-bond donors (Lipinski definition) is 2. The van der Waals surface area contributed by atoms with Crippen LogP contribution in [0.3, 0.4) is 0 Å². The second-order valence-electron chi connectivity index (χ2n) is 6.05. The van der Waals surface area contributed by atoms with Gasteiger partial charge in [0, 0.05) is 21.9 Å². The highest BCUT2D eigenvalue weighted by Crippen LogP contribution is 2.27. The fourth-order valence-corrected chi connectivity index (χ4v) is 3.44. The molecule has 24 heavy (non-hydrogen) atoms. The van der Waals surface area contributed by atoms with Gasteiger partial charge in [0.2, 0.25) is 0 Å². The predicted molar refractivity (Wildman–Crippen MR) is 93.1 cm³/mol. The van der Waals surface area contributed by atoms with Crippen LogP contribution in [0.4, 0.5) is 0 Å². The number of likely N-dealkylation sites (N-methyl/N-ethyl adjacent to an activating group) is 1. The van der Waals surface area contributed by atoms with Crippen LogP contribution in [0.25, 0.3) is 11.0 Å². The molecule has 0 aliphatic heterocycles. The maximum absolute atomic E-state index is 12.3. The molecular formula is C17H19BrN2O4. The number of furan rings is 1. The van der Waals surface area contributed by atoms with Crippen molar-refractivity contribution in [3.8, 4) is 0 Å². The normalized spacial score (nSPS) is 20.1. The van der Waals surface area contributed by atoms with Gasteiger partial charge in [0.25, 0.3) is 5.91 Å². The van der Waals surface area contributed by atoms with Crippen molar-refractivity contribution < 1.29 is 19.1 Å². The molecule has 7 heteroatoms. The molecule has 0 radical (unpaired) electrons. The topological polar surface area (TPSA) is 82.8 Å². The summed E-state index contributed by atoms with van der Waals surface area (Å²) in [7, 11) is 0. The van der Waals surface area contributed by atoms with Crippen molar-refractivity contribution in [3.05, 3.63) is 34.5 Å². The van der Waals surface area contributed by atoms with Crippen LogP contribution < -0.4 is 5.32 Å². The summed E-state index contributed by atoms with van der Waals surface area (Å²) >= 11 is 3.39. The number of fused-ring (bicyclic) bond motifs is 1. The van der Waals surface area contributed by atoms with E-state index < -0.39 is 5.97 Å². The van der Waals surface area contributed by atoms with Gasteiger partial charge in [0.1, 0.15) is 5.58 Å². The van der Waals surface area contributed by atoms with Gasteiger partial charge in [-0.1, -0.05) is 22.9 Å². The molecule has 2 aromatic rings. The van der Waals surface area contributed by atoms with Crippen LogP contribution in [0.1, 0.15) is 30.3 Å². The first-order valence-corrected chi connectivity index (χ1v) is 8.71. The van der Waals surface area contributed by atoms with Gasteiger partial charge in [0.05, 0.1) is 6.54 Å². The minimum atomic E-state index is -0.822. The van der Waals surface area contributed by atoms with Crippen LogP contribution in [0.15, 0.2) is 33.2 Å². The van der Waals surface area contributed by atoms with Crippen LogP contribution in [-0.2, 0) is 4.79 Å². The van der Waals surface area contributed by atoms with E-state index in [9.17, 15) is 9.59 Å². The van der Waals surface area contributed by atoms with Gasteiger partial charge in [-0.15, -0.1) is 0 Å². The molecule has 128 valence electrons. The van der Waals surface area contributed by atoms with E-state index in [4.69, 9.17) is 9.52 Å². The Balaban J connectivity index is 1.57. The van der Waals surface area contributed by atoms with Crippen molar-refractivity contribution in [3.63, 3.8) is 0 Å². The molecule has 6 nitrogen and oxygen atoms in total. The second-order valence-corrected chi connectivity index (χ2v) is 6.96. The summed E-state index contributed by atoms with van der Waals surface area (Å²) < 4.78 is 6.51. The quantitative estimate of drug-likeness (QED) is 0.786. The molecule has 1 fully saturated rings. The number of benzene rings is 1. The third-order valence-corrected chi connectivity index (χ3v) is 4.90. The lowest BCUT2D eigenvalue weighted by molar-refractivity contribution is -0.139. The van der Waals surface area contributed by atoms with E-state index in [1.807, 2.05) is 30.0 Å². The van der Waals surface area contributed by atoms with Crippen LogP contribution >= 0.6 is 15.9 Å². The lowest BCUT2D eigenvalue weighted by atomic mass is 9.85. The monoisotopic (exact) mass is 394 g/mol. The molecule has 1 aromatic heterocycles. The van der Waals surface area contributed by atoms with Crippen LogP contribution in [0.5, 0.6) is 0 Å². The molecule has 1 amide bonds. The minimum Gasteiger partial charge on any atom is -0.480 e. The summed E-state index contributed by atoms with van der Waals surface area (Å²) in [5.41, 5.74) is 0.674. The molecule has 1 saturated carbocycles. The Hall–Kier alpha value is -1.86. The second kappa shape index (κ2) is 6.94. The Morgan fingerprint density at radius 2 is 2.12 bits per heavy atom. The highest BCUT2D eigenvalue weighted by molar-refractivity contribution is 9.10. The summed E-state index contributed by atoms with van der Waals surface area (Å²) in [4.78, 5) is 25.1. The number of carboxylic acid groups (broad SMARTS) is 1. The van der Waals surface area contributed by atoms with E-state index >= 15 is 0 Å². The molecule has 1 heterocycles. The molecule has 1 aliphatic carbocycles. The van der Waals surface area contributed by atoms with E-state index in [2.05, 4.69) is 21.2 Å². The number of carboxylic acids is 1. The smallest absolute Gasteiger partial charge is 0.317 e. The summed E-state index contributed by atoms with van der Waals surface area (Å²) in [6.07, 6.45) is 1.53. The first kappa shape index (κ1) is 17.0. The van der Waals surface area contributed by atoms with Gasteiger partial charge < -0.3 is 14.8 Å². The average molecular weight is 395 g/mol. The average Bonchev–Trinajstić information content (AvgIpc) is 2.91. The van der Waals surface area contributed by atoms with Gasteiger partial charge in [-0.25, -0.2) is 0 Å². The zero-order valence-corrected chi connectivity index (χ0v) is 14.9. The number of carbonyl (C=O) groups is 2. The van der Waals surface area contributed by atoms with Crippen molar-refractivity contribution in [2.45, 2.75) is 31.8 Å². The highest BCUT2D eigenvalue weighted by atomic mass is 79.9. The number of nitrogens with zero attached hydrogens (tertiary/aromatic N) is 1. The SMILES string of the molecule is CCN(CC(=O)O)C1CC(NC(=O)c2cc3cc(Br)ccc3o2)C1. The molecule has 3 rings (SSSR count). The predicted octanol–water partition coefficient (Wildman–Crippen LogP) is 2.86. The molecule has 2 N–H and O–H groups in total. The van der Waals surface area contributed by atoms with E-state index in [1.54, 1.807) is 6.07 Å². The number of nitrogens with one attached hydrogen (secondary N) is 1. The van der Waals surface area contributed by atoms with Gasteiger partial charge in [-0.3, -0.25) is 14.5 Å². The number of aliphatic carboxylic acids is 1. The van der Waals surface area contributed by atoms with Gasteiger partial charge in [-0.2, -0.15) is 0 Å². The Morgan fingerprint density at radius 3 is 2.79 bits per heavy atom. The Bertz CT molecular complexity index is 767. The van der Waals surface area contributed by atoms with E-state index in [0.29, 0.717) is 17.9 Å². The Morgan fingerprint density at radius 1 is 1.38 bits per heavy atom. The number of carbonyl (C=O) groups excluding carboxylic acids is 1. The lowest BCUT2D eigenvalue weighted by Gasteiger charge is -2.42. The van der Waals surface area contributed by atoms with Crippen molar-refractivity contribution in [1.82, 2.24) is 10.2 Å². The third-order valence-electron chi connectivity index (χ3n) is 4.41. The standard InChI is InChI=1S/C17H19BrN2O4/c1-2-20(9-16(21)22)13-7-12(8-13)19-17(23)15-6-10-5-11(18)3-4-14(10)24-15/h3-6,12-13H,2,7-9H2,1H3,(H,19,23)(H,21,22). The van der Waals surface area contributed by atoms with Gasteiger partial charge >= 0.3 is 5.97 Å². The molecular weight excluding hydrogens is 376 g/mol. The highest BCUT2D eigenvalue weighted by Gasteiger charge is 2.35. The van der Waals surface area contributed by atoms with Crippen LogP contribution in [0.2, 0.25) is 0 Å². The van der Waals surface area contributed by atoms with E-state index in [0.717, 1.165) is 22.7 Å². The molecule has 0 bridgehead atoms. The number of halogens is 1. The fourth-order valence-electron chi connectivity index (χ4n) is 3.06. The number of rotatable bonds is 6. The van der Waals surface area contributed by atoms with Crippen LogP contribution in [-0.4, -0.2) is 47.1 Å². The van der Waals surface area contributed by atoms with Crippen molar-refractivity contribution in [2.24, 2.45) is 0 Å². The van der Waals surface area contributed by atoms with Crippen molar-refractivity contribution in [1.29, 1.82) is 0 Å². The third kappa shape index (κ3) is 3.62. The van der Waals surface area contributed by atoms with Gasteiger partial charge in [-0.05, 0) is 43.7 Å². The largest absolute Gasteiger partial charge is 0.480 e. The molecule has 1 aliphatic rings. The van der Waals surface area contributed by atoms with Gasteiger partial charge in [0.15, 0.2) is 5.76 Å². The van der Waals surface area contributed by atoms with Crippen molar-refractivity contribution >= 4 is 38.8 Å². The van der Waals surface area contributed by atoms with E-state index in [1.165, 1.54) is 0 Å². The van der Waals surface area contributed by atoms with Crippen molar-refractivity contribution in [2.75, 3.05) is 13.1 Å². The summed E-state index contributed by atoms with van der Waals surface area (Å²) in [6.45, 7) is 2.68. The maximum atomic E-state index is 12.3. The molecule has 0 spiro atoms. The Kier molecular flexibility index (Phi) is 4.91. The summed E-state index contributed by atoms with van der Waals surface area (Å²) in [5.74, 6) is -0.755. The Labute approximate surface area is 147 Å². The first-order chi connectivity index (χ1) is 11.5. The molecule has 0 saturated heterocycles.